The summed E-state index contributed by atoms with van der Waals surface area (Å²) >= 11 is 0. The van der Waals surface area contributed by atoms with Gasteiger partial charge in [0.2, 0.25) is 0 Å². The molecule has 0 fully saturated rings. The third-order valence-corrected chi connectivity index (χ3v) is 5.72. The van der Waals surface area contributed by atoms with Crippen molar-refractivity contribution in [2.45, 2.75) is 72.1 Å². The van der Waals surface area contributed by atoms with Gasteiger partial charge in [-0.1, -0.05) is 57.9 Å². The first-order valence-electron chi connectivity index (χ1n) is 10.1. The number of hydrogen-bond donors (Lipinski definition) is 0. The van der Waals surface area contributed by atoms with Crippen molar-refractivity contribution in [2.24, 2.45) is 11.8 Å². The lowest BCUT2D eigenvalue weighted by molar-refractivity contribution is 0.346. The molecule has 0 radical (unpaired) electrons. The summed E-state index contributed by atoms with van der Waals surface area (Å²) in [5, 5.41) is 0. The zero-order valence-electron chi connectivity index (χ0n) is 16.1. The second-order valence-corrected chi connectivity index (χ2v) is 7.82. The predicted molar refractivity (Wildman–Crippen MR) is 106 cm³/mol. The summed E-state index contributed by atoms with van der Waals surface area (Å²) < 4.78 is 0. The highest BCUT2D eigenvalue weighted by Gasteiger charge is 2.22. The van der Waals surface area contributed by atoms with Crippen molar-refractivity contribution in [1.29, 1.82) is 0 Å². The Morgan fingerprint density at radius 2 is 1.96 bits per heavy atom. The summed E-state index contributed by atoms with van der Waals surface area (Å²) in [5.74, 6) is 2.54. The van der Waals surface area contributed by atoms with E-state index in [2.05, 4.69) is 56.2 Å². The van der Waals surface area contributed by atoms with Crippen LogP contribution in [0.5, 0.6) is 0 Å². The fourth-order valence-corrected chi connectivity index (χ4v) is 3.86. The number of rotatable bonds is 7. The van der Waals surface area contributed by atoms with Crippen LogP contribution in [0, 0.1) is 11.8 Å². The van der Waals surface area contributed by atoms with E-state index in [0.29, 0.717) is 0 Å². The lowest BCUT2D eigenvalue weighted by Crippen LogP contribution is -2.18. The molecule has 1 aromatic carbocycles. The molecular weight excluding hydrogens is 304 g/mol. The van der Waals surface area contributed by atoms with Crippen LogP contribution in [-0.2, 0) is 19.3 Å². The Labute approximate surface area is 153 Å². The number of fused-ring (bicyclic) bond motifs is 1. The van der Waals surface area contributed by atoms with Gasteiger partial charge in [0.05, 0.1) is 0 Å². The third-order valence-electron chi connectivity index (χ3n) is 5.72. The summed E-state index contributed by atoms with van der Waals surface area (Å²) in [6.07, 6.45) is 11.9. The SMILES string of the molecule is CCCCc1ccc(-c2ncc3c(n2)CCC(CC(C)CC)C3)cc1. The molecule has 2 aromatic rings. The second-order valence-electron chi connectivity index (χ2n) is 7.82. The Morgan fingerprint density at radius 1 is 1.16 bits per heavy atom. The van der Waals surface area contributed by atoms with Gasteiger partial charge >= 0.3 is 0 Å². The van der Waals surface area contributed by atoms with E-state index in [-0.39, 0.29) is 0 Å². The van der Waals surface area contributed by atoms with Gasteiger partial charge in [-0.25, -0.2) is 9.97 Å². The molecule has 2 nitrogen and oxygen atoms in total. The summed E-state index contributed by atoms with van der Waals surface area (Å²) in [6, 6.07) is 8.83. The Balaban J connectivity index is 1.70. The van der Waals surface area contributed by atoms with Crippen LogP contribution in [0.1, 0.15) is 69.7 Å². The van der Waals surface area contributed by atoms with Crippen LogP contribution in [-0.4, -0.2) is 9.97 Å². The zero-order chi connectivity index (χ0) is 17.6. The molecule has 1 aliphatic carbocycles. The monoisotopic (exact) mass is 336 g/mol. The van der Waals surface area contributed by atoms with Crippen molar-refractivity contribution >= 4 is 0 Å². The van der Waals surface area contributed by atoms with E-state index in [1.807, 2.05) is 0 Å². The number of aromatic nitrogens is 2. The number of nitrogens with zero attached hydrogens (tertiary/aromatic N) is 2. The van der Waals surface area contributed by atoms with E-state index >= 15 is 0 Å². The standard InChI is InChI=1S/C23H32N2/c1-4-6-7-18-8-11-20(12-9-18)23-24-16-21-15-19(14-17(3)5-2)10-13-22(21)25-23/h8-9,11-12,16-17,19H,4-7,10,13-15H2,1-3H3. The second kappa shape index (κ2) is 8.60. The van der Waals surface area contributed by atoms with Crippen molar-refractivity contribution in [2.75, 3.05) is 0 Å². The van der Waals surface area contributed by atoms with E-state index in [1.54, 1.807) is 0 Å². The van der Waals surface area contributed by atoms with Gasteiger partial charge in [-0.15, -0.1) is 0 Å². The fraction of sp³-hybridized carbons (Fsp3) is 0.565. The van der Waals surface area contributed by atoms with E-state index in [4.69, 9.17) is 4.98 Å². The van der Waals surface area contributed by atoms with Crippen molar-refractivity contribution in [3.05, 3.63) is 47.3 Å². The molecule has 0 aliphatic heterocycles. The fourth-order valence-electron chi connectivity index (χ4n) is 3.86. The minimum absolute atomic E-state index is 0.815. The van der Waals surface area contributed by atoms with Crippen LogP contribution >= 0.6 is 0 Å². The Hall–Kier alpha value is -1.70. The summed E-state index contributed by atoms with van der Waals surface area (Å²) in [7, 11) is 0. The summed E-state index contributed by atoms with van der Waals surface area (Å²) in [6.45, 7) is 6.91. The lowest BCUT2D eigenvalue weighted by Gasteiger charge is -2.26. The molecule has 0 bridgehead atoms. The molecule has 1 aromatic heterocycles. The van der Waals surface area contributed by atoms with Gasteiger partial charge in [-0.3, -0.25) is 0 Å². The van der Waals surface area contributed by atoms with Gasteiger partial charge in [-0.2, -0.15) is 0 Å². The molecule has 0 saturated carbocycles. The van der Waals surface area contributed by atoms with E-state index in [0.717, 1.165) is 36.1 Å². The molecule has 0 saturated heterocycles. The molecule has 2 unspecified atom stereocenters. The first-order valence-corrected chi connectivity index (χ1v) is 10.1. The minimum atomic E-state index is 0.815. The van der Waals surface area contributed by atoms with Crippen LogP contribution in [0.2, 0.25) is 0 Å². The Morgan fingerprint density at radius 3 is 2.68 bits per heavy atom. The maximum Gasteiger partial charge on any atom is 0.159 e. The average molecular weight is 337 g/mol. The van der Waals surface area contributed by atoms with Crippen LogP contribution < -0.4 is 0 Å². The molecule has 134 valence electrons. The third kappa shape index (κ3) is 4.68. The number of benzene rings is 1. The number of unbranched alkanes of at least 4 members (excludes halogenated alkanes) is 1. The topological polar surface area (TPSA) is 25.8 Å². The first kappa shape index (κ1) is 18.1. The molecule has 25 heavy (non-hydrogen) atoms. The van der Waals surface area contributed by atoms with Crippen LogP contribution in [0.15, 0.2) is 30.5 Å². The molecular formula is C23H32N2. The van der Waals surface area contributed by atoms with Crippen LogP contribution in [0.25, 0.3) is 11.4 Å². The van der Waals surface area contributed by atoms with Crippen LogP contribution in [0.3, 0.4) is 0 Å². The first-order chi connectivity index (χ1) is 12.2. The van der Waals surface area contributed by atoms with E-state index in [1.165, 1.54) is 55.3 Å². The minimum Gasteiger partial charge on any atom is -0.236 e. The molecule has 1 heterocycles. The van der Waals surface area contributed by atoms with Gasteiger partial charge < -0.3 is 0 Å². The Kier molecular flexibility index (Phi) is 6.23. The number of hydrogen-bond acceptors (Lipinski definition) is 2. The average Bonchev–Trinajstić information content (AvgIpc) is 2.66. The van der Waals surface area contributed by atoms with Crippen molar-refractivity contribution < 1.29 is 0 Å². The molecule has 2 heteroatoms. The molecule has 2 atom stereocenters. The van der Waals surface area contributed by atoms with Gasteiger partial charge in [0.25, 0.3) is 0 Å². The van der Waals surface area contributed by atoms with Gasteiger partial charge in [0, 0.05) is 17.5 Å². The predicted octanol–water partition coefficient (Wildman–Crippen LogP) is 6.03. The molecule has 0 spiro atoms. The summed E-state index contributed by atoms with van der Waals surface area (Å²) in [5.41, 5.74) is 5.21. The van der Waals surface area contributed by atoms with Crippen molar-refractivity contribution in [1.82, 2.24) is 9.97 Å². The largest absolute Gasteiger partial charge is 0.236 e. The van der Waals surface area contributed by atoms with E-state index < -0.39 is 0 Å². The molecule has 0 amide bonds. The normalized spacial score (nSPS) is 18.0. The van der Waals surface area contributed by atoms with Gasteiger partial charge in [0.15, 0.2) is 5.82 Å². The maximum absolute atomic E-state index is 4.90. The highest BCUT2D eigenvalue weighted by atomic mass is 14.9. The lowest BCUT2D eigenvalue weighted by atomic mass is 9.81. The molecule has 1 aliphatic rings. The molecule has 3 rings (SSSR count). The number of aryl methyl sites for hydroxylation is 2. The smallest absolute Gasteiger partial charge is 0.159 e. The van der Waals surface area contributed by atoms with Crippen LogP contribution in [0.4, 0.5) is 0 Å². The Bertz CT molecular complexity index is 675. The quantitative estimate of drug-likeness (QED) is 0.617. The maximum atomic E-state index is 4.90. The highest BCUT2D eigenvalue weighted by molar-refractivity contribution is 5.55. The van der Waals surface area contributed by atoms with E-state index in [9.17, 15) is 0 Å². The van der Waals surface area contributed by atoms with Crippen molar-refractivity contribution in [3.63, 3.8) is 0 Å². The van der Waals surface area contributed by atoms with Gasteiger partial charge in [-0.05, 0) is 61.5 Å². The van der Waals surface area contributed by atoms with Gasteiger partial charge in [0.1, 0.15) is 0 Å². The summed E-state index contributed by atoms with van der Waals surface area (Å²) in [4.78, 5) is 9.57. The molecule has 0 N–H and O–H groups in total. The zero-order valence-corrected chi connectivity index (χ0v) is 16.1. The van der Waals surface area contributed by atoms with Crippen molar-refractivity contribution in [3.8, 4) is 11.4 Å². The highest BCUT2D eigenvalue weighted by Crippen LogP contribution is 2.30.